The van der Waals surface area contributed by atoms with Gasteiger partial charge in [0, 0.05) is 19.0 Å². The normalized spacial score (nSPS) is 14.4. The number of carbonyl (C=O) groups excluding carboxylic acids is 1. The summed E-state index contributed by atoms with van der Waals surface area (Å²) >= 11 is 0. The molecular formula is C18H20N2O5S. The summed E-state index contributed by atoms with van der Waals surface area (Å²) in [7, 11) is -0.833. The van der Waals surface area contributed by atoms with E-state index < -0.39 is 10.0 Å². The zero-order valence-corrected chi connectivity index (χ0v) is 15.4. The number of nitrogens with one attached hydrogen (secondary N) is 1. The number of ether oxygens (including phenoxy) is 2. The van der Waals surface area contributed by atoms with Crippen molar-refractivity contribution in [3.63, 3.8) is 0 Å². The van der Waals surface area contributed by atoms with Crippen molar-refractivity contribution in [2.24, 2.45) is 0 Å². The summed E-state index contributed by atoms with van der Waals surface area (Å²) in [5.74, 6) is 0.961. The molecule has 1 saturated heterocycles. The molecule has 1 aliphatic rings. The van der Waals surface area contributed by atoms with Gasteiger partial charge in [-0.25, -0.2) is 8.42 Å². The van der Waals surface area contributed by atoms with Crippen LogP contribution in [0.25, 0.3) is 0 Å². The van der Waals surface area contributed by atoms with Crippen LogP contribution in [0, 0.1) is 0 Å². The predicted octanol–water partition coefficient (Wildman–Crippen LogP) is 2.63. The molecule has 26 heavy (non-hydrogen) atoms. The molecule has 1 fully saturated rings. The maximum Gasteiger partial charge on any atom is 0.261 e. The number of benzene rings is 2. The third kappa shape index (κ3) is 3.60. The Morgan fingerprint density at radius 3 is 2.54 bits per heavy atom. The van der Waals surface area contributed by atoms with Crippen LogP contribution in [0.5, 0.6) is 11.5 Å². The van der Waals surface area contributed by atoms with Gasteiger partial charge in [0.05, 0.1) is 30.5 Å². The first-order valence-corrected chi connectivity index (χ1v) is 9.58. The van der Waals surface area contributed by atoms with Gasteiger partial charge in [-0.1, -0.05) is 6.07 Å². The topological polar surface area (TPSA) is 84.9 Å². The SMILES string of the molecule is COc1cccc(NS(=O)(=O)c2ccc(OC)c(N3CCCC3=O)c2)c1. The van der Waals surface area contributed by atoms with Gasteiger partial charge in [-0.15, -0.1) is 0 Å². The number of carbonyl (C=O) groups is 1. The van der Waals surface area contributed by atoms with Crippen molar-refractivity contribution < 1.29 is 22.7 Å². The van der Waals surface area contributed by atoms with Crippen LogP contribution in [-0.2, 0) is 14.8 Å². The molecule has 0 radical (unpaired) electrons. The Kier molecular flexibility index (Phi) is 5.03. The molecule has 0 unspecified atom stereocenters. The number of amides is 1. The minimum atomic E-state index is -3.83. The van der Waals surface area contributed by atoms with E-state index in [1.54, 1.807) is 35.2 Å². The number of methoxy groups -OCH3 is 2. The van der Waals surface area contributed by atoms with Crippen LogP contribution in [0.2, 0.25) is 0 Å². The Hall–Kier alpha value is -2.74. The molecule has 0 aromatic heterocycles. The van der Waals surface area contributed by atoms with Crippen LogP contribution in [0.1, 0.15) is 12.8 Å². The molecule has 2 aromatic carbocycles. The molecule has 2 aromatic rings. The molecule has 0 aliphatic carbocycles. The molecule has 3 rings (SSSR count). The van der Waals surface area contributed by atoms with E-state index in [1.165, 1.54) is 26.4 Å². The van der Waals surface area contributed by atoms with E-state index in [0.29, 0.717) is 35.8 Å². The molecule has 1 amide bonds. The zero-order chi connectivity index (χ0) is 18.7. The summed E-state index contributed by atoms with van der Waals surface area (Å²) in [5, 5.41) is 0. The highest BCUT2D eigenvalue weighted by Gasteiger charge is 2.26. The second kappa shape index (κ2) is 7.25. The summed E-state index contributed by atoms with van der Waals surface area (Å²) in [6, 6.07) is 11.1. The lowest BCUT2D eigenvalue weighted by atomic mass is 10.2. The van der Waals surface area contributed by atoms with Crippen LogP contribution in [0.3, 0.4) is 0 Å². The highest BCUT2D eigenvalue weighted by Crippen LogP contribution is 2.34. The van der Waals surface area contributed by atoms with Crippen LogP contribution in [-0.4, -0.2) is 35.1 Å². The van der Waals surface area contributed by atoms with Crippen molar-refractivity contribution in [1.29, 1.82) is 0 Å². The van der Waals surface area contributed by atoms with Gasteiger partial charge in [0.15, 0.2) is 0 Å². The molecule has 1 N–H and O–H groups in total. The standard InChI is InChI=1S/C18H20N2O5S/c1-24-14-6-3-5-13(11-14)19-26(22,23)15-8-9-17(25-2)16(12-15)20-10-4-7-18(20)21/h3,5-6,8-9,11-12,19H,4,7,10H2,1-2H3. The first kappa shape index (κ1) is 18.1. The fourth-order valence-corrected chi connectivity index (χ4v) is 3.92. The summed E-state index contributed by atoms with van der Waals surface area (Å²) in [4.78, 5) is 13.7. The monoisotopic (exact) mass is 376 g/mol. The van der Waals surface area contributed by atoms with Gasteiger partial charge in [0.2, 0.25) is 5.91 Å². The Morgan fingerprint density at radius 2 is 1.88 bits per heavy atom. The van der Waals surface area contributed by atoms with Crippen molar-refractivity contribution in [2.45, 2.75) is 17.7 Å². The minimum Gasteiger partial charge on any atom is -0.497 e. The van der Waals surface area contributed by atoms with Crippen molar-refractivity contribution in [2.75, 3.05) is 30.4 Å². The lowest BCUT2D eigenvalue weighted by Gasteiger charge is -2.20. The van der Waals surface area contributed by atoms with Gasteiger partial charge in [0.1, 0.15) is 11.5 Å². The van der Waals surface area contributed by atoms with E-state index in [1.807, 2.05) is 0 Å². The smallest absolute Gasteiger partial charge is 0.261 e. The molecule has 7 nitrogen and oxygen atoms in total. The first-order chi connectivity index (χ1) is 12.4. The summed E-state index contributed by atoms with van der Waals surface area (Å²) < 4.78 is 38.4. The number of hydrogen-bond donors (Lipinski definition) is 1. The molecule has 0 bridgehead atoms. The number of nitrogens with zero attached hydrogens (tertiary/aromatic N) is 1. The maximum atomic E-state index is 12.8. The molecule has 8 heteroatoms. The number of hydrogen-bond acceptors (Lipinski definition) is 5. The molecule has 1 heterocycles. The van der Waals surface area contributed by atoms with Gasteiger partial charge >= 0.3 is 0 Å². The Morgan fingerprint density at radius 1 is 1.08 bits per heavy atom. The lowest BCUT2D eigenvalue weighted by molar-refractivity contribution is -0.117. The number of sulfonamides is 1. The van der Waals surface area contributed by atoms with E-state index in [4.69, 9.17) is 9.47 Å². The third-order valence-corrected chi connectivity index (χ3v) is 5.53. The average Bonchev–Trinajstić information content (AvgIpc) is 3.06. The van der Waals surface area contributed by atoms with Gasteiger partial charge < -0.3 is 14.4 Å². The molecule has 0 spiro atoms. The van der Waals surface area contributed by atoms with Gasteiger partial charge in [-0.05, 0) is 36.8 Å². The van der Waals surface area contributed by atoms with Crippen LogP contribution < -0.4 is 19.1 Å². The van der Waals surface area contributed by atoms with E-state index in [-0.39, 0.29) is 10.8 Å². The first-order valence-electron chi connectivity index (χ1n) is 8.10. The number of rotatable bonds is 6. The second-order valence-electron chi connectivity index (χ2n) is 5.82. The molecule has 0 atom stereocenters. The van der Waals surface area contributed by atoms with Gasteiger partial charge in [-0.3, -0.25) is 9.52 Å². The zero-order valence-electron chi connectivity index (χ0n) is 14.6. The van der Waals surface area contributed by atoms with E-state index in [0.717, 1.165) is 6.42 Å². The minimum absolute atomic E-state index is 0.0430. The van der Waals surface area contributed by atoms with Crippen molar-refractivity contribution in [1.82, 2.24) is 0 Å². The van der Waals surface area contributed by atoms with Gasteiger partial charge in [0.25, 0.3) is 10.0 Å². The largest absolute Gasteiger partial charge is 0.497 e. The summed E-state index contributed by atoms with van der Waals surface area (Å²) in [6.45, 7) is 0.544. The fraction of sp³-hybridized carbons (Fsp3) is 0.278. The predicted molar refractivity (Wildman–Crippen MR) is 98.4 cm³/mol. The second-order valence-corrected chi connectivity index (χ2v) is 7.50. The van der Waals surface area contributed by atoms with Crippen molar-refractivity contribution in [3.8, 4) is 11.5 Å². The Balaban J connectivity index is 1.95. The fourth-order valence-electron chi connectivity index (χ4n) is 2.85. The van der Waals surface area contributed by atoms with Crippen LogP contribution >= 0.6 is 0 Å². The van der Waals surface area contributed by atoms with E-state index in [9.17, 15) is 13.2 Å². The highest BCUT2D eigenvalue weighted by atomic mass is 32.2. The van der Waals surface area contributed by atoms with Gasteiger partial charge in [-0.2, -0.15) is 0 Å². The van der Waals surface area contributed by atoms with E-state index >= 15 is 0 Å². The van der Waals surface area contributed by atoms with Crippen LogP contribution in [0.15, 0.2) is 47.4 Å². The highest BCUT2D eigenvalue weighted by molar-refractivity contribution is 7.92. The average molecular weight is 376 g/mol. The van der Waals surface area contributed by atoms with Crippen LogP contribution in [0.4, 0.5) is 11.4 Å². The Labute approximate surface area is 152 Å². The van der Waals surface area contributed by atoms with Crippen molar-refractivity contribution >= 4 is 27.3 Å². The number of anilines is 2. The Bertz CT molecular complexity index is 927. The maximum absolute atomic E-state index is 12.8. The summed E-state index contributed by atoms with van der Waals surface area (Å²) in [5.41, 5.74) is 0.850. The molecule has 138 valence electrons. The van der Waals surface area contributed by atoms with Crippen molar-refractivity contribution in [3.05, 3.63) is 42.5 Å². The van der Waals surface area contributed by atoms with E-state index in [2.05, 4.69) is 4.72 Å². The molecular weight excluding hydrogens is 356 g/mol. The summed E-state index contributed by atoms with van der Waals surface area (Å²) in [6.07, 6.45) is 1.18. The lowest BCUT2D eigenvalue weighted by Crippen LogP contribution is -2.24. The quantitative estimate of drug-likeness (QED) is 0.838. The third-order valence-electron chi connectivity index (χ3n) is 4.15. The molecule has 1 aliphatic heterocycles. The molecule has 0 saturated carbocycles.